The number of unbranched alkanes of at least 4 members (excludes halogenated alkanes) is 17. The van der Waals surface area contributed by atoms with Gasteiger partial charge in [-0.15, -0.1) is 0 Å². The molecule has 0 aromatic heterocycles. The molecule has 0 fully saturated rings. The minimum atomic E-state index is -1.25. The molecule has 0 saturated heterocycles. The Morgan fingerprint density at radius 1 is 0.632 bits per heavy atom. The van der Waals surface area contributed by atoms with Gasteiger partial charge in [0.05, 0.1) is 18.8 Å². The van der Waals surface area contributed by atoms with Gasteiger partial charge in [-0.3, -0.25) is 4.79 Å². The number of allylic oxidation sites excluding steroid dienone is 2. The lowest BCUT2D eigenvalue weighted by Gasteiger charge is -2.27. The second-order valence-electron chi connectivity index (χ2n) is 11.2. The molecule has 0 radical (unpaired) electrons. The number of carbonyl (C=O) groups is 1. The second kappa shape index (κ2) is 27.6. The third-order valence-electron chi connectivity index (χ3n) is 7.48. The molecule has 226 valence electrons. The number of amides is 1. The van der Waals surface area contributed by atoms with Crippen molar-refractivity contribution in [2.45, 2.75) is 179 Å². The summed E-state index contributed by atoms with van der Waals surface area (Å²) in [5, 5.41) is 42.9. The van der Waals surface area contributed by atoms with E-state index in [0.29, 0.717) is 12.8 Å². The van der Waals surface area contributed by atoms with Crippen LogP contribution in [0.4, 0.5) is 0 Å². The zero-order chi connectivity index (χ0) is 28.3. The van der Waals surface area contributed by atoms with Crippen LogP contribution in [0.5, 0.6) is 0 Å². The summed E-state index contributed by atoms with van der Waals surface area (Å²) in [5.41, 5.74) is 0. The fraction of sp³-hybridized carbons (Fsp3) is 0.906. The maximum atomic E-state index is 12.3. The predicted octanol–water partition coefficient (Wildman–Crippen LogP) is 6.72. The quantitative estimate of drug-likeness (QED) is 0.0557. The molecule has 4 unspecified atom stereocenters. The lowest BCUT2D eigenvalue weighted by atomic mass is 9.99. The van der Waals surface area contributed by atoms with E-state index in [2.05, 4.69) is 31.3 Å². The molecule has 4 atom stereocenters. The molecule has 0 spiro atoms. The van der Waals surface area contributed by atoms with Crippen molar-refractivity contribution >= 4 is 5.91 Å². The summed E-state index contributed by atoms with van der Waals surface area (Å²) >= 11 is 0. The van der Waals surface area contributed by atoms with Crippen molar-refractivity contribution < 1.29 is 25.2 Å². The van der Waals surface area contributed by atoms with Crippen molar-refractivity contribution in [3.8, 4) is 0 Å². The summed E-state index contributed by atoms with van der Waals surface area (Å²) in [4.78, 5) is 12.3. The van der Waals surface area contributed by atoms with Gasteiger partial charge < -0.3 is 25.7 Å². The van der Waals surface area contributed by atoms with Crippen LogP contribution < -0.4 is 5.32 Å². The van der Waals surface area contributed by atoms with Gasteiger partial charge in [0, 0.05) is 0 Å². The highest BCUT2D eigenvalue weighted by molar-refractivity contribution is 5.80. The van der Waals surface area contributed by atoms with Gasteiger partial charge in [-0.25, -0.2) is 0 Å². The molecule has 6 heteroatoms. The number of nitrogens with one attached hydrogen (secondary N) is 1. The molecule has 5 N–H and O–H groups in total. The molecule has 0 rings (SSSR count). The zero-order valence-corrected chi connectivity index (χ0v) is 24.9. The summed E-state index contributed by atoms with van der Waals surface area (Å²) in [7, 11) is 0. The molecule has 0 aliphatic heterocycles. The Bertz CT molecular complexity index is 542. The van der Waals surface area contributed by atoms with Crippen molar-refractivity contribution in [2.24, 2.45) is 0 Å². The number of hydrogen-bond acceptors (Lipinski definition) is 5. The van der Waals surface area contributed by atoms with E-state index < -0.39 is 36.9 Å². The highest BCUT2D eigenvalue weighted by Gasteiger charge is 2.28. The van der Waals surface area contributed by atoms with E-state index in [4.69, 9.17) is 0 Å². The standard InChI is InChI=1S/C32H63NO5/c1-3-5-7-9-11-12-13-14-15-16-17-18-19-20-22-24-26-30(36)32(38)33-28(27-34)31(37)29(35)25-23-21-10-8-6-4-2/h14-15,28-31,34-37H,3-13,16-27H2,1-2H3,(H,33,38)/b15-14-. The number of hydrogen-bond donors (Lipinski definition) is 5. The largest absolute Gasteiger partial charge is 0.394 e. The average molecular weight is 542 g/mol. The zero-order valence-electron chi connectivity index (χ0n) is 24.9. The molecule has 6 nitrogen and oxygen atoms in total. The van der Waals surface area contributed by atoms with Crippen molar-refractivity contribution in [3.05, 3.63) is 12.2 Å². The maximum absolute atomic E-state index is 12.3. The Balaban J connectivity index is 3.82. The van der Waals surface area contributed by atoms with Crippen LogP contribution in [0.25, 0.3) is 0 Å². The molecule has 0 aliphatic carbocycles. The fourth-order valence-electron chi connectivity index (χ4n) is 4.81. The van der Waals surface area contributed by atoms with Gasteiger partial charge in [-0.05, 0) is 38.5 Å². The lowest BCUT2D eigenvalue weighted by molar-refractivity contribution is -0.132. The first-order valence-corrected chi connectivity index (χ1v) is 16.1. The Labute approximate surface area is 234 Å². The highest BCUT2D eigenvalue weighted by atomic mass is 16.3. The highest BCUT2D eigenvalue weighted by Crippen LogP contribution is 2.14. The van der Waals surface area contributed by atoms with Gasteiger partial charge >= 0.3 is 0 Å². The molecule has 0 aromatic rings. The van der Waals surface area contributed by atoms with Crippen LogP contribution in [0.2, 0.25) is 0 Å². The van der Waals surface area contributed by atoms with Crippen molar-refractivity contribution in [2.75, 3.05) is 6.61 Å². The minimum absolute atomic E-state index is 0.363. The van der Waals surface area contributed by atoms with E-state index in [9.17, 15) is 25.2 Å². The topological polar surface area (TPSA) is 110 Å². The van der Waals surface area contributed by atoms with Crippen LogP contribution in [0.15, 0.2) is 12.2 Å². The molecule has 0 aliphatic rings. The second-order valence-corrected chi connectivity index (χ2v) is 11.2. The summed E-state index contributed by atoms with van der Waals surface area (Å²) in [6.45, 7) is 3.94. The Morgan fingerprint density at radius 3 is 1.53 bits per heavy atom. The third-order valence-corrected chi connectivity index (χ3v) is 7.48. The van der Waals surface area contributed by atoms with Crippen LogP contribution in [0.1, 0.15) is 155 Å². The predicted molar refractivity (Wildman–Crippen MR) is 159 cm³/mol. The van der Waals surface area contributed by atoms with Gasteiger partial charge in [0.15, 0.2) is 0 Å². The van der Waals surface area contributed by atoms with Crippen molar-refractivity contribution in [3.63, 3.8) is 0 Å². The first-order chi connectivity index (χ1) is 18.5. The average Bonchev–Trinajstić information content (AvgIpc) is 2.92. The number of rotatable bonds is 28. The van der Waals surface area contributed by atoms with Crippen LogP contribution in [0.3, 0.4) is 0 Å². The Kier molecular flexibility index (Phi) is 26.9. The smallest absolute Gasteiger partial charge is 0.249 e. The Hall–Kier alpha value is -0.950. The van der Waals surface area contributed by atoms with Crippen LogP contribution in [-0.4, -0.2) is 57.3 Å². The minimum Gasteiger partial charge on any atom is -0.394 e. The van der Waals surface area contributed by atoms with Gasteiger partial charge in [0.1, 0.15) is 12.2 Å². The first-order valence-electron chi connectivity index (χ1n) is 16.1. The van der Waals surface area contributed by atoms with Crippen molar-refractivity contribution in [1.82, 2.24) is 5.32 Å². The molecule has 0 aromatic carbocycles. The lowest BCUT2D eigenvalue weighted by Crippen LogP contribution is -2.53. The summed E-state index contributed by atoms with van der Waals surface area (Å²) < 4.78 is 0. The third kappa shape index (κ3) is 21.9. The monoisotopic (exact) mass is 541 g/mol. The maximum Gasteiger partial charge on any atom is 0.249 e. The van der Waals surface area contributed by atoms with E-state index in [1.807, 2.05) is 0 Å². The van der Waals surface area contributed by atoms with Gasteiger partial charge in [0.2, 0.25) is 5.91 Å². The van der Waals surface area contributed by atoms with Gasteiger partial charge in [-0.1, -0.05) is 129 Å². The molecular weight excluding hydrogens is 478 g/mol. The summed E-state index contributed by atoms with van der Waals surface area (Å²) in [5.74, 6) is -0.595. The molecule has 0 saturated carbocycles. The first kappa shape index (κ1) is 37.0. The van der Waals surface area contributed by atoms with Gasteiger partial charge in [-0.2, -0.15) is 0 Å². The van der Waals surface area contributed by atoms with E-state index in [1.54, 1.807) is 0 Å². The number of aliphatic hydroxyl groups excluding tert-OH is 4. The molecule has 1 amide bonds. The fourth-order valence-corrected chi connectivity index (χ4v) is 4.81. The number of carbonyl (C=O) groups excluding carboxylic acids is 1. The summed E-state index contributed by atoms with van der Waals surface area (Å²) in [6.07, 6.45) is 25.4. The normalized spacial score (nSPS) is 15.0. The van der Waals surface area contributed by atoms with E-state index in [1.165, 1.54) is 83.5 Å². The van der Waals surface area contributed by atoms with Crippen LogP contribution in [0, 0.1) is 0 Å². The van der Waals surface area contributed by atoms with Gasteiger partial charge in [0.25, 0.3) is 0 Å². The van der Waals surface area contributed by atoms with E-state index in [-0.39, 0.29) is 0 Å². The van der Waals surface area contributed by atoms with Crippen molar-refractivity contribution in [1.29, 1.82) is 0 Å². The SMILES string of the molecule is CCCCCCCC/C=C\CCCCCCCCC(O)C(=O)NC(CO)C(O)C(O)CCCCCCCC. The Morgan fingerprint density at radius 2 is 1.05 bits per heavy atom. The molecule has 0 heterocycles. The molecule has 0 bridgehead atoms. The summed E-state index contributed by atoms with van der Waals surface area (Å²) in [6, 6.07) is -0.980. The molecule has 38 heavy (non-hydrogen) atoms. The van der Waals surface area contributed by atoms with Crippen LogP contribution in [-0.2, 0) is 4.79 Å². The van der Waals surface area contributed by atoms with E-state index in [0.717, 1.165) is 44.9 Å². The molecular formula is C32H63NO5. The van der Waals surface area contributed by atoms with E-state index >= 15 is 0 Å². The number of aliphatic hydroxyl groups is 4. The van der Waals surface area contributed by atoms with Crippen LogP contribution >= 0.6 is 0 Å².